The molecule has 7 aromatic heterocycles. The van der Waals surface area contributed by atoms with Crippen LogP contribution < -0.4 is 0 Å². The summed E-state index contributed by atoms with van der Waals surface area (Å²) < 4.78 is 4.54. The van der Waals surface area contributed by atoms with Gasteiger partial charge in [0.05, 0.1) is 45.1 Å². The highest BCUT2D eigenvalue weighted by molar-refractivity contribution is 6.14. The van der Waals surface area contributed by atoms with Crippen LogP contribution in [0.3, 0.4) is 0 Å². The molecule has 0 unspecified atom stereocenters. The number of benzene rings is 8. The van der Waals surface area contributed by atoms with Crippen LogP contribution in [-0.4, -0.2) is 83.9 Å². The summed E-state index contributed by atoms with van der Waals surface area (Å²) in [5, 5.41) is 14.6. The summed E-state index contributed by atoms with van der Waals surface area (Å²) in [6.07, 6.45) is 0. The average molecular weight is 1170 g/mol. The lowest BCUT2D eigenvalue weighted by Crippen LogP contribution is -2.04. The van der Waals surface area contributed by atoms with Crippen molar-refractivity contribution in [3.8, 4) is 108 Å². The monoisotopic (exact) mass is 1170 g/mol. The maximum absolute atomic E-state index is 10.9. The van der Waals surface area contributed by atoms with Crippen molar-refractivity contribution in [3.05, 3.63) is 222 Å². The van der Waals surface area contributed by atoms with E-state index in [2.05, 4.69) is 114 Å². The third-order valence-electron chi connectivity index (χ3n) is 15.9. The van der Waals surface area contributed by atoms with E-state index in [1.54, 1.807) is 0 Å². The number of hydrogen-bond donors (Lipinski definition) is 0. The molecule has 0 saturated carbocycles. The Labute approximate surface area is 516 Å². The smallest absolute Gasteiger partial charge is 0.164 e. The Hall–Kier alpha value is -12.1. The standard InChI is InChI=1S/C72H52N18/c1-38-74-39(2)79-68(78-38)49-21-27-60-56(32-49)57-33-50(69-80-40(3)75-41(4)81-69)22-28-61(57)89(60)64-31-46(37-73)19-25-54(64)55-26-20-53(72-87-66(47-15-11-9-12-16-47)86-67(88-72)48-17-13-10-14-18-48)36-65(55)90-62-29-23-51(70-82-42(5)76-43(6)83-70)34-58(62)59-35-52(24-30-63(59)90)71-84-44(7)77-45(8)85-71/h9-36H,1-8H3. The van der Waals surface area contributed by atoms with Gasteiger partial charge in [0, 0.05) is 71.6 Å². The Morgan fingerprint density at radius 2 is 0.522 bits per heavy atom. The molecule has 15 aromatic rings. The van der Waals surface area contributed by atoms with Crippen molar-refractivity contribution < 1.29 is 0 Å². The molecule has 0 N–H and O–H groups in total. The Bertz CT molecular complexity index is 5140. The zero-order valence-electron chi connectivity index (χ0n) is 50.2. The lowest BCUT2D eigenvalue weighted by Gasteiger charge is -2.20. The van der Waals surface area contributed by atoms with Crippen LogP contribution >= 0.6 is 0 Å². The minimum Gasteiger partial charge on any atom is -0.309 e. The summed E-state index contributed by atoms with van der Waals surface area (Å²) in [5.41, 5.74) is 12.9. The Morgan fingerprint density at radius 1 is 0.256 bits per heavy atom. The fourth-order valence-corrected chi connectivity index (χ4v) is 12.1. The Balaban J connectivity index is 1.04. The second-order valence-electron chi connectivity index (χ2n) is 22.2. The fourth-order valence-electron chi connectivity index (χ4n) is 12.1. The predicted octanol–water partition coefficient (Wildman–Crippen LogP) is 14.5. The second kappa shape index (κ2) is 21.7. The Morgan fingerprint density at radius 3 is 0.844 bits per heavy atom. The van der Waals surface area contributed by atoms with Crippen molar-refractivity contribution in [3.63, 3.8) is 0 Å². The van der Waals surface area contributed by atoms with Crippen molar-refractivity contribution in [1.29, 1.82) is 5.26 Å². The zero-order valence-corrected chi connectivity index (χ0v) is 50.2. The summed E-state index contributed by atoms with van der Waals surface area (Å²) in [5.74, 6) is 8.76. The number of nitriles is 1. The maximum Gasteiger partial charge on any atom is 0.164 e. The van der Waals surface area contributed by atoms with Crippen LogP contribution in [0.15, 0.2) is 170 Å². The quantitative estimate of drug-likeness (QED) is 0.124. The fraction of sp³-hybridized carbons (Fsp3) is 0.111. The van der Waals surface area contributed by atoms with Gasteiger partial charge in [0.15, 0.2) is 40.8 Å². The van der Waals surface area contributed by atoms with E-state index in [4.69, 9.17) is 54.8 Å². The summed E-state index contributed by atoms with van der Waals surface area (Å²) in [4.78, 5) is 72.1. The molecule has 15 rings (SSSR count). The van der Waals surface area contributed by atoms with E-state index in [0.29, 0.717) is 92.9 Å². The SMILES string of the molecule is Cc1nc(C)nc(-c2ccc3c(c2)c2cc(-c4nc(C)nc(C)n4)ccc2n3-c2cc(C#N)ccc2-c2ccc(-c3nc(-c4ccccc4)nc(-c4ccccc4)n3)cc2-n2c3ccc(-c4nc(C)nc(C)n4)cc3c3cc(-c4nc(C)nc(C)n4)ccc32)n1. The largest absolute Gasteiger partial charge is 0.309 e. The first-order valence-corrected chi connectivity index (χ1v) is 29.3. The van der Waals surface area contributed by atoms with E-state index in [1.807, 2.05) is 146 Å². The van der Waals surface area contributed by atoms with E-state index in [9.17, 15) is 5.26 Å². The lowest BCUT2D eigenvalue weighted by molar-refractivity contribution is 0.928. The van der Waals surface area contributed by atoms with Gasteiger partial charge in [0.1, 0.15) is 46.6 Å². The predicted molar refractivity (Wildman–Crippen MR) is 348 cm³/mol. The van der Waals surface area contributed by atoms with Gasteiger partial charge < -0.3 is 9.13 Å². The maximum atomic E-state index is 10.9. The summed E-state index contributed by atoms with van der Waals surface area (Å²) >= 11 is 0. The minimum atomic E-state index is 0.471. The van der Waals surface area contributed by atoms with E-state index in [-0.39, 0.29) is 0 Å². The van der Waals surface area contributed by atoms with Crippen LogP contribution in [0.4, 0.5) is 0 Å². The molecule has 18 nitrogen and oxygen atoms in total. The lowest BCUT2D eigenvalue weighted by atomic mass is 9.97. The summed E-state index contributed by atoms with van der Waals surface area (Å²) in [6.45, 7) is 15.0. The molecule has 0 aliphatic carbocycles. The first-order chi connectivity index (χ1) is 43.7. The molecule has 0 bridgehead atoms. The second-order valence-corrected chi connectivity index (χ2v) is 22.2. The van der Waals surface area contributed by atoms with Crippen molar-refractivity contribution in [2.24, 2.45) is 0 Å². The molecule has 0 aliphatic heterocycles. The van der Waals surface area contributed by atoms with Crippen molar-refractivity contribution in [2.75, 3.05) is 0 Å². The van der Waals surface area contributed by atoms with Gasteiger partial charge in [-0.05, 0) is 146 Å². The van der Waals surface area contributed by atoms with Crippen LogP contribution in [0.1, 0.15) is 52.2 Å². The third-order valence-corrected chi connectivity index (χ3v) is 15.9. The van der Waals surface area contributed by atoms with Gasteiger partial charge in [-0.25, -0.2) is 74.8 Å². The van der Waals surface area contributed by atoms with Gasteiger partial charge in [-0.15, -0.1) is 0 Å². The molecule has 0 saturated heterocycles. The highest BCUT2D eigenvalue weighted by Crippen LogP contribution is 2.45. The first kappa shape index (κ1) is 54.5. The molecule has 0 atom stereocenters. The average Bonchev–Trinajstić information content (AvgIpc) is 1.56. The number of aromatic nitrogens is 17. The molecule has 8 aromatic carbocycles. The molecule has 0 radical (unpaired) electrons. The topological polar surface area (TPSA) is 227 Å². The number of nitrogens with zero attached hydrogens (tertiary/aromatic N) is 18. The summed E-state index contributed by atoms with van der Waals surface area (Å²) in [6, 6.07) is 59.9. The number of rotatable bonds is 10. The first-order valence-electron chi connectivity index (χ1n) is 29.3. The van der Waals surface area contributed by atoms with Gasteiger partial charge in [-0.3, -0.25) is 0 Å². The number of fused-ring (bicyclic) bond motifs is 6. The van der Waals surface area contributed by atoms with Gasteiger partial charge in [-0.1, -0.05) is 78.9 Å². The van der Waals surface area contributed by atoms with Crippen LogP contribution in [0.2, 0.25) is 0 Å². The van der Waals surface area contributed by atoms with Crippen molar-refractivity contribution in [2.45, 2.75) is 55.4 Å². The number of hydrogen-bond acceptors (Lipinski definition) is 16. The molecule has 18 heteroatoms. The molecule has 90 heavy (non-hydrogen) atoms. The molecule has 0 aliphatic rings. The van der Waals surface area contributed by atoms with E-state index >= 15 is 0 Å². The van der Waals surface area contributed by atoms with Gasteiger partial charge in [-0.2, -0.15) is 5.26 Å². The highest BCUT2D eigenvalue weighted by atomic mass is 15.1. The van der Waals surface area contributed by atoms with Crippen LogP contribution in [0.25, 0.3) is 146 Å². The molecular weight excluding hydrogens is 1120 g/mol. The molecule has 430 valence electrons. The highest BCUT2D eigenvalue weighted by Gasteiger charge is 2.25. The van der Waals surface area contributed by atoms with E-state index < -0.39 is 0 Å². The molecule has 0 spiro atoms. The molecule has 7 heterocycles. The van der Waals surface area contributed by atoms with Crippen LogP contribution in [0.5, 0.6) is 0 Å². The van der Waals surface area contributed by atoms with Gasteiger partial charge in [0.25, 0.3) is 0 Å². The summed E-state index contributed by atoms with van der Waals surface area (Å²) in [7, 11) is 0. The van der Waals surface area contributed by atoms with Gasteiger partial charge >= 0.3 is 0 Å². The van der Waals surface area contributed by atoms with Crippen LogP contribution in [-0.2, 0) is 0 Å². The Kier molecular flexibility index (Phi) is 13.1. The normalized spacial score (nSPS) is 11.5. The zero-order chi connectivity index (χ0) is 61.5. The van der Waals surface area contributed by atoms with Gasteiger partial charge in [0.2, 0.25) is 0 Å². The number of aryl methyl sites for hydroxylation is 8. The molecular formula is C72H52N18. The third kappa shape index (κ3) is 9.85. The minimum absolute atomic E-state index is 0.471. The van der Waals surface area contributed by atoms with E-state index in [0.717, 1.165) is 105 Å². The molecule has 0 amide bonds. The van der Waals surface area contributed by atoms with Crippen molar-refractivity contribution >= 4 is 43.6 Å². The van der Waals surface area contributed by atoms with E-state index in [1.165, 1.54) is 0 Å². The van der Waals surface area contributed by atoms with Crippen LogP contribution in [0, 0.1) is 66.7 Å². The van der Waals surface area contributed by atoms with Crippen molar-refractivity contribution in [1.82, 2.24) is 83.9 Å². The molecule has 0 fully saturated rings.